The number of nitrogens with zero attached hydrogens (tertiary/aromatic N) is 2. The molecule has 0 atom stereocenters. The van der Waals surface area contributed by atoms with E-state index in [0.717, 1.165) is 13.1 Å². The van der Waals surface area contributed by atoms with Gasteiger partial charge in [-0.3, -0.25) is 0 Å². The van der Waals surface area contributed by atoms with Crippen LogP contribution in [0.3, 0.4) is 0 Å². The zero-order valence-corrected chi connectivity index (χ0v) is 10.7. The number of aryl methyl sites for hydroxylation is 2. The molecule has 1 heterocycles. The minimum atomic E-state index is -3.67. The van der Waals surface area contributed by atoms with E-state index in [-0.39, 0.29) is 13.5 Å². The molecule has 0 unspecified atom stereocenters. The lowest BCUT2D eigenvalue weighted by Crippen LogP contribution is -2.30. The van der Waals surface area contributed by atoms with Crippen molar-refractivity contribution in [3.63, 3.8) is 0 Å². The molecule has 96 valence electrons. The molecule has 0 saturated carbocycles. The van der Waals surface area contributed by atoms with Gasteiger partial charge in [-0.25, -0.2) is 9.13 Å². The van der Waals surface area contributed by atoms with Crippen LogP contribution in [0.5, 0.6) is 0 Å². The van der Waals surface area contributed by atoms with Crippen molar-refractivity contribution in [3.8, 4) is 0 Å². The highest BCUT2D eigenvalue weighted by Crippen LogP contribution is 1.88. The van der Waals surface area contributed by atoms with E-state index in [1.54, 1.807) is 0 Å². The SMILES string of the molecule is CCCC[n+]1ccn(CC)c1.FC(F)F.S. The van der Waals surface area contributed by atoms with Gasteiger partial charge in [0, 0.05) is 0 Å². The molecule has 0 fully saturated rings. The van der Waals surface area contributed by atoms with Crippen molar-refractivity contribution in [2.75, 3.05) is 0 Å². The minimum Gasteiger partial charge on any atom is -0.237 e. The number of rotatable bonds is 4. The Morgan fingerprint density at radius 2 is 1.81 bits per heavy atom. The van der Waals surface area contributed by atoms with Crippen molar-refractivity contribution in [3.05, 3.63) is 18.7 Å². The molecule has 0 amide bonds. The molecule has 0 N–H and O–H groups in total. The number of aromatic nitrogens is 2. The summed E-state index contributed by atoms with van der Waals surface area (Å²) in [4.78, 5) is 0. The zero-order valence-electron chi connectivity index (χ0n) is 9.67. The molecule has 0 aliphatic rings. The summed E-state index contributed by atoms with van der Waals surface area (Å²) in [6, 6.07) is 0. The van der Waals surface area contributed by atoms with Crippen molar-refractivity contribution < 1.29 is 17.7 Å². The third-order valence-corrected chi connectivity index (χ3v) is 1.88. The van der Waals surface area contributed by atoms with E-state index >= 15 is 0 Å². The molecule has 0 radical (unpaired) electrons. The van der Waals surface area contributed by atoms with Crippen molar-refractivity contribution in [1.29, 1.82) is 0 Å². The summed E-state index contributed by atoms with van der Waals surface area (Å²) in [6.07, 6.45) is 8.97. The lowest BCUT2D eigenvalue weighted by Gasteiger charge is -1.91. The summed E-state index contributed by atoms with van der Waals surface area (Å²) in [5.74, 6) is 0. The fourth-order valence-corrected chi connectivity index (χ4v) is 1.10. The van der Waals surface area contributed by atoms with Gasteiger partial charge in [0.05, 0.1) is 13.1 Å². The molecule has 0 aliphatic heterocycles. The number of unbranched alkanes of at least 4 members (excludes halogenated alkanes) is 1. The van der Waals surface area contributed by atoms with Gasteiger partial charge in [-0.05, 0) is 13.3 Å². The summed E-state index contributed by atoms with van der Waals surface area (Å²) >= 11 is 0. The normalized spacial score (nSPS) is 9.38. The summed E-state index contributed by atoms with van der Waals surface area (Å²) in [6.45, 7) is 2.93. The smallest absolute Gasteiger partial charge is 0.237 e. The van der Waals surface area contributed by atoms with Crippen LogP contribution >= 0.6 is 13.5 Å². The van der Waals surface area contributed by atoms with Gasteiger partial charge >= 0.3 is 6.68 Å². The van der Waals surface area contributed by atoms with Gasteiger partial charge in [-0.15, -0.1) is 0 Å². The zero-order chi connectivity index (χ0) is 11.7. The van der Waals surface area contributed by atoms with Crippen LogP contribution in [0.4, 0.5) is 13.2 Å². The highest BCUT2D eigenvalue weighted by Gasteiger charge is 1.98. The van der Waals surface area contributed by atoms with Gasteiger partial charge in [0.2, 0.25) is 6.33 Å². The molecular weight excluding hydrogens is 237 g/mol. The second-order valence-electron chi connectivity index (χ2n) is 3.08. The Morgan fingerprint density at radius 3 is 2.19 bits per heavy atom. The Labute approximate surface area is 102 Å². The topological polar surface area (TPSA) is 8.81 Å². The molecular formula is C10H20F3N2S+. The number of imidazole rings is 1. The molecule has 1 rings (SSSR count). The first-order valence-corrected chi connectivity index (χ1v) is 5.07. The molecule has 6 heteroatoms. The van der Waals surface area contributed by atoms with Gasteiger partial charge in [-0.2, -0.15) is 26.7 Å². The molecule has 2 nitrogen and oxygen atoms in total. The fraction of sp³-hybridized carbons (Fsp3) is 0.700. The van der Waals surface area contributed by atoms with E-state index in [0.29, 0.717) is 0 Å². The van der Waals surface area contributed by atoms with Crippen LogP contribution < -0.4 is 4.57 Å². The monoisotopic (exact) mass is 257 g/mol. The van der Waals surface area contributed by atoms with Crippen molar-refractivity contribution >= 4 is 13.5 Å². The molecule has 0 spiro atoms. The quantitative estimate of drug-likeness (QED) is 0.733. The lowest BCUT2D eigenvalue weighted by molar-refractivity contribution is -0.696. The number of hydrogen-bond donors (Lipinski definition) is 0. The molecule has 16 heavy (non-hydrogen) atoms. The first kappa shape index (κ1) is 17.7. The maximum Gasteiger partial charge on any atom is 0.379 e. The lowest BCUT2D eigenvalue weighted by atomic mass is 10.3. The average molecular weight is 257 g/mol. The third kappa shape index (κ3) is 9.89. The van der Waals surface area contributed by atoms with Crippen LogP contribution in [0.25, 0.3) is 0 Å². The van der Waals surface area contributed by atoms with E-state index in [9.17, 15) is 13.2 Å². The molecule has 0 bridgehead atoms. The first-order valence-electron chi connectivity index (χ1n) is 5.07. The van der Waals surface area contributed by atoms with Crippen molar-refractivity contribution in [1.82, 2.24) is 4.57 Å². The second-order valence-corrected chi connectivity index (χ2v) is 3.08. The van der Waals surface area contributed by atoms with E-state index in [4.69, 9.17) is 0 Å². The molecule has 1 aromatic rings. The largest absolute Gasteiger partial charge is 0.379 e. The van der Waals surface area contributed by atoms with Crippen LogP contribution in [-0.2, 0) is 13.1 Å². The van der Waals surface area contributed by atoms with E-state index in [2.05, 4.69) is 41.7 Å². The maximum absolute atomic E-state index is 9.67. The fourth-order valence-electron chi connectivity index (χ4n) is 1.10. The van der Waals surface area contributed by atoms with Crippen molar-refractivity contribution in [2.45, 2.75) is 46.5 Å². The summed E-state index contributed by atoms with van der Waals surface area (Å²) in [5, 5.41) is 0. The van der Waals surface area contributed by atoms with Crippen LogP contribution in [0.15, 0.2) is 18.7 Å². The first-order chi connectivity index (χ1) is 7.10. The second kappa shape index (κ2) is 10.9. The standard InChI is InChI=1S/C9H17N2.CHF3.H2S/c1-3-5-6-11-8-7-10(4-2)9-11;2-1(3)4;/h7-9H,3-6H2,1-2H3;1H;1H2/q+1;;. The molecule has 0 saturated heterocycles. The Balaban J connectivity index is 0. The van der Waals surface area contributed by atoms with Gasteiger partial charge in [0.25, 0.3) is 0 Å². The molecule has 0 aromatic carbocycles. The summed E-state index contributed by atoms with van der Waals surface area (Å²) < 4.78 is 33.4. The Bertz CT molecular complexity index is 251. The summed E-state index contributed by atoms with van der Waals surface area (Å²) in [7, 11) is 0. The average Bonchev–Trinajstić information content (AvgIpc) is 2.61. The van der Waals surface area contributed by atoms with Crippen molar-refractivity contribution in [2.24, 2.45) is 0 Å². The maximum atomic E-state index is 9.67. The molecule has 1 aromatic heterocycles. The van der Waals surface area contributed by atoms with Gasteiger partial charge in [-0.1, -0.05) is 13.3 Å². The van der Waals surface area contributed by atoms with Crippen LogP contribution in [0.2, 0.25) is 0 Å². The van der Waals surface area contributed by atoms with Crippen LogP contribution in [-0.4, -0.2) is 11.2 Å². The summed E-state index contributed by atoms with van der Waals surface area (Å²) in [5.41, 5.74) is 0. The predicted octanol–water partition coefficient (Wildman–Crippen LogP) is 2.89. The third-order valence-electron chi connectivity index (χ3n) is 1.88. The van der Waals surface area contributed by atoms with E-state index in [1.807, 2.05) is 0 Å². The Hall–Kier alpha value is -0.650. The highest BCUT2D eigenvalue weighted by molar-refractivity contribution is 7.59. The van der Waals surface area contributed by atoms with Crippen LogP contribution in [0.1, 0.15) is 26.7 Å². The Kier molecular flexibility index (Phi) is 12.0. The highest BCUT2D eigenvalue weighted by atomic mass is 32.1. The number of halogens is 3. The van der Waals surface area contributed by atoms with Crippen LogP contribution in [0, 0.1) is 0 Å². The minimum absolute atomic E-state index is 0. The predicted molar refractivity (Wildman–Crippen MR) is 62.7 cm³/mol. The van der Waals surface area contributed by atoms with Gasteiger partial charge in [0.15, 0.2) is 0 Å². The van der Waals surface area contributed by atoms with Gasteiger partial charge < -0.3 is 0 Å². The number of alkyl halides is 3. The molecule has 0 aliphatic carbocycles. The Morgan fingerprint density at radius 1 is 1.25 bits per heavy atom. The number of hydrogen-bond acceptors (Lipinski definition) is 0. The van der Waals surface area contributed by atoms with E-state index in [1.165, 1.54) is 12.8 Å². The van der Waals surface area contributed by atoms with E-state index < -0.39 is 6.68 Å². The van der Waals surface area contributed by atoms with Gasteiger partial charge in [0.1, 0.15) is 12.4 Å².